The highest BCUT2D eigenvalue weighted by Crippen LogP contribution is 2.25. The number of thiocarbonyl (C=S) groups is 1. The Kier molecular flexibility index (Phi) is 4.43. The van der Waals surface area contributed by atoms with Crippen molar-refractivity contribution >= 4 is 34.5 Å². The zero-order chi connectivity index (χ0) is 13.1. The largest absolute Gasteiger partial charge is 0.389 e. The van der Waals surface area contributed by atoms with E-state index in [-0.39, 0.29) is 0 Å². The summed E-state index contributed by atoms with van der Waals surface area (Å²) in [5.74, 6) is 0. The van der Waals surface area contributed by atoms with E-state index in [0.717, 1.165) is 30.4 Å². The van der Waals surface area contributed by atoms with Gasteiger partial charge in [0.15, 0.2) is 0 Å². The van der Waals surface area contributed by atoms with Gasteiger partial charge < -0.3 is 16.0 Å². The smallest absolute Gasteiger partial charge is 0.106 e. The molecule has 2 rings (SSSR count). The summed E-state index contributed by atoms with van der Waals surface area (Å²) >= 11 is 11.0. The SMILES string of the molecule is CN(CCNc1ccc(Cl)cc1C(N)=S)C1CC1. The number of anilines is 1. The van der Waals surface area contributed by atoms with Gasteiger partial charge >= 0.3 is 0 Å². The lowest BCUT2D eigenvalue weighted by Gasteiger charge is -2.17. The van der Waals surface area contributed by atoms with E-state index in [1.807, 2.05) is 12.1 Å². The summed E-state index contributed by atoms with van der Waals surface area (Å²) in [6.07, 6.45) is 2.66. The quantitative estimate of drug-likeness (QED) is 0.787. The number of nitrogens with zero attached hydrogens (tertiary/aromatic N) is 1. The molecule has 3 N–H and O–H groups in total. The van der Waals surface area contributed by atoms with Crippen molar-refractivity contribution in [3.05, 3.63) is 28.8 Å². The Morgan fingerprint density at radius 3 is 2.89 bits per heavy atom. The minimum atomic E-state index is 0.371. The van der Waals surface area contributed by atoms with Gasteiger partial charge in [0.25, 0.3) is 0 Å². The molecule has 0 radical (unpaired) electrons. The van der Waals surface area contributed by atoms with Crippen molar-refractivity contribution in [2.24, 2.45) is 5.73 Å². The number of nitrogens with two attached hydrogens (primary N) is 1. The third-order valence-electron chi connectivity index (χ3n) is 3.20. The van der Waals surface area contributed by atoms with E-state index in [2.05, 4.69) is 17.3 Å². The van der Waals surface area contributed by atoms with Gasteiger partial charge in [-0.05, 0) is 38.1 Å². The molecular weight excluding hydrogens is 266 g/mol. The molecule has 0 aliphatic heterocycles. The van der Waals surface area contributed by atoms with E-state index in [1.54, 1.807) is 6.07 Å². The van der Waals surface area contributed by atoms with Crippen LogP contribution in [0.25, 0.3) is 0 Å². The molecule has 1 aliphatic carbocycles. The fourth-order valence-electron chi connectivity index (χ4n) is 1.94. The molecule has 0 heterocycles. The highest BCUT2D eigenvalue weighted by atomic mass is 35.5. The van der Waals surface area contributed by atoms with Crippen LogP contribution >= 0.6 is 23.8 Å². The first-order valence-electron chi connectivity index (χ1n) is 6.11. The molecule has 1 aromatic rings. The number of hydrogen-bond donors (Lipinski definition) is 2. The van der Waals surface area contributed by atoms with Crippen LogP contribution < -0.4 is 11.1 Å². The van der Waals surface area contributed by atoms with E-state index in [9.17, 15) is 0 Å². The minimum absolute atomic E-state index is 0.371. The maximum absolute atomic E-state index is 5.94. The third-order valence-corrected chi connectivity index (χ3v) is 3.65. The molecule has 98 valence electrons. The van der Waals surface area contributed by atoms with Crippen molar-refractivity contribution in [3.8, 4) is 0 Å². The molecule has 0 spiro atoms. The van der Waals surface area contributed by atoms with Crippen LogP contribution in [0.3, 0.4) is 0 Å². The van der Waals surface area contributed by atoms with Gasteiger partial charge in [0.1, 0.15) is 4.99 Å². The summed E-state index contributed by atoms with van der Waals surface area (Å²) in [4.78, 5) is 2.75. The number of halogens is 1. The predicted octanol–water partition coefficient (Wildman–Crippen LogP) is 2.48. The first-order chi connectivity index (χ1) is 8.58. The summed E-state index contributed by atoms with van der Waals surface area (Å²) in [6.45, 7) is 1.90. The van der Waals surface area contributed by atoms with Gasteiger partial charge in [0.05, 0.1) is 0 Å². The monoisotopic (exact) mass is 283 g/mol. The summed E-state index contributed by atoms with van der Waals surface area (Å²) in [5, 5.41) is 4.02. The fraction of sp³-hybridized carbons (Fsp3) is 0.462. The van der Waals surface area contributed by atoms with Gasteiger partial charge in [-0.2, -0.15) is 0 Å². The average molecular weight is 284 g/mol. The maximum atomic E-state index is 5.94. The van der Waals surface area contributed by atoms with Gasteiger partial charge in [0, 0.05) is 35.4 Å². The van der Waals surface area contributed by atoms with Crippen LogP contribution in [-0.4, -0.2) is 36.1 Å². The zero-order valence-corrected chi connectivity index (χ0v) is 12.0. The van der Waals surface area contributed by atoms with E-state index < -0.39 is 0 Å². The molecule has 1 aromatic carbocycles. The summed E-state index contributed by atoms with van der Waals surface area (Å²) < 4.78 is 0. The Labute approximate surface area is 118 Å². The van der Waals surface area contributed by atoms with Crippen molar-refractivity contribution in [2.75, 3.05) is 25.5 Å². The number of likely N-dealkylation sites (N-methyl/N-ethyl adjacent to an activating group) is 1. The standard InChI is InChI=1S/C13H18ClN3S/c1-17(10-3-4-10)7-6-16-12-5-2-9(14)8-11(12)13(15)18/h2,5,8,10,16H,3-4,6-7H2,1H3,(H2,15,18). The molecule has 0 atom stereocenters. The number of hydrogen-bond acceptors (Lipinski definition) is 3. The number of nitrogens with one attached hydrogen (secondary N) is 1. The summed E-state index contributed by atoms with van der Waals surface area (Å²) in [5.41, 5.74) is 7.46. The third kappa shape index (κ3) is 3.57. The highest BCUT2D eigenvalue weighted by molar-refractivity contribution is 7.80. The molecule has 18 heavy (non-hydrogen) atoms. The van der Waals surface area contributed by atoms with E-state index in [1.165, 1.54) is 12.8 Å². The predicted molar refractivity (Wildman–Crippen MR) is 81.5 cm³/mol. The van der Waals surface area contributed by atoms with Crippen molar-refractivity contribution in [1.29, 1.82) is 0 Å². The van der Waals surface area contributed by atoms with Gasteiger partial charge in [-0.15, -0.1) is 0 Å². The Bertz CT molecular complexity index is 446. The second kappa shape index (κ2) is 5.87. The van der Waals surface area contributed by atoms with Crippen LogP contribution in [0.15, 0.2) is 18.2 Å². The second-order valence-corrected chi connectivity index (χ2v) is 5.57. The number of benzene rings is 1. The molecule has 0 bridgehead atoms. The van der Waals surface area contributed by atoms with Crippen LogP contribution in [-0.2, 0) is 0 Å². The molecule has 0 aromatic heterocycles. The lowest BCUT2D eigenvalue weighted by atomic mass is 10.2. The molecule has 1 saturated carbocycles. The molecule has 5 heteroatoms. The molecular formula is C13H18ClN3S. The lowest BCUT2D eigenvalue weighted by molar-refractivity contribution is 0.337. The van der Waals surface area contributed by atoms with Crippen molar-refractivity contribution in [2.45, 2.75) is 18.9 Å². The van der Waals surface area contributed by atoms with Crippen molar-refractivity contribution < 1.29 is 0 Å². The van der Waals surface area contributed by atoms with Gasteiger partial charge in [0.2, 0.25) is 0 Å². The Morgan fingerprint density at radius 1 is 1.56 bits per heavy atom. The number of rotatable bonds is 6. The second-order valence-electron chi connectivity index (χ2n) is 4.69. The van der Waals surface area contributed by atoms with E-state index in [4.69, 9.17) is 29.6 Å². The molecule has 3 nitrogen and oxygen atoms in total. The Hall–Kier alpha value is -0.840. The van der Waals surface area contributed by atoms with Crippen LogP contribution in [0.4, 0.5) is 5.69 Å². The Morgan fingerprint density at radius 2 is 2.28 bits per heavy atom. The van der Waals surface area contributed by atoms with E-state index in [0.29, 0.717) is 10.0 Å². The molecule has 0 amide bonds. The summed E-state index contributed by atoms with van der Waals surface area (Å²) in [7, 11) is 2.16. The average Bonchev–Trinajstić information content (AvgIpc) is 3.14. The van der Waals surface area contributed by atoms with Crippen LogP contribution in [0.1, 0.15) is 18.4 Å². The van der Waals surface area contributed by atoms with Crippen LogP contribution in [0.2, 0.25) is 5.02 Å². The summed E-state index contributed by atoms with van der Waals surface area (Å²) in [6, 6.07) is 6.35. The van der Waals surface area contributed by atoms with Crippen LogP contribution in [0.5, 0.6) is 0 Å². The van der Waals surface area contributed by atoms with Gasteiger partial charge in [-0.3, -0.25) is 0 Å². The molecule has 1 fully saturated rings. The van der Waals surface area contributed by atoms with E-state index >= 15 is 0 Å². The Balaban J connectivity index is 1.93. The maximum Gasteiger partial charge on any atom is 0.106 e. The lowest BCUT2D eigenvalue weighted by Crippen LogP contribution is -2.27. The van der Waals surface area contributed by atoms with Gasteiger partial charge in [-0.25, -0.2) is 0 Å². The molecule has 0 saturated heterocycles. The van der Waals surface area contributed by atoms with Crippen molar-refractivity contribution in [3.63, 3.8) is 0 Å². The highest BCUT2D eigenvalue weighted by Gasteiger charge is 2.25. The minimum Gasteiger partial charge on any atom is -0.389 e. The topological polar surface area (TPSA) is 41.3 Å². The first kappa shape index (κ1) is 13.6. The first-order valence-corrected chi connectivity index (χ1v) is 6.90. The molecule has 0 unspecified atom stereocenters. The van der Waals surface area contributed by atoms with Gasteiger partial charge in [-0.1, -0.05) is 23.8 Å². The fourth-order valence-corrected chi connectivity index (χ4v) is 2.28. The zero-order valence-electron chi connectivity index (χ0n) is 10.4. The normalized spacial score (nSPS) is 14.8. The molecule has 1 aliphatic rings. The van der Waals surface area contributed by atoms with Crippen molar-refractivity contribution in [1.82, 2.24) is 4.90 Å². The van der Waals surface area contributed by atoms with Crippen LogP contribution in [0, 0.1) is 0 Å².